The highest BCUT2D eigenvalue weighted by Gasteiger charge is 2.28. The number of carbonyl (C=O) groups excluding carboxylic acids is 1. The van der Waals surface area contributed by atoms with Crippen molar-refractivity contribution in [1.29, 1.82) is 0 Å². The van der Waals surface area contributed by atoms with Gasteiger partial charge in [0.05, 0.1) is 13.1 Å². The zero-order chi connectivity index (χ0) is 11.1. The average Bonchev–Trinajstić information content (AvgIpc) is 2.29. The Morgan fingerprint density at radius 2 is 2.20 bits per heavy atom. The van der Waals surface area contributed by atoms with Gasteiger partial charge in [0, 0.05) is 5.92 Å². The third-order valence-electron chi connectivity index (χ3n) is 3.37. The molecule has 0 aromatic rings. The van der Waals surface area contributed by atoms with Gasteiger partial charge in [0.2, 0.25) is 0 Å². The molecule has 15 heavy (non-hydrogen) atoms. The number of ketones is 1. The normalized spacial score (nSPS) is 25.9. The van der Waals surface area contributed by atoms with E-state index < -0.39 is 0 Å². The molecule has 1 rings (SSSR count). The molecule has 1 N–H and O–H groups in total. The summed E-state index contributed by atoms with van der Waals surface area (Å²) in [6.07, 6.45) is 11.1. The standard InChI is InChI=1S/C13H21NO/c1-3-9-14-10-13(15)12-8-6-5-7-11(12)4-2/h1,11-12,14H,4-10H2,2H3. The molecule has 2 nitrogen and oxygen atoms in total. The van der Waals surface area contributed by atoms with Crippen LogP contribution in [0.25, 0.3) is 0 Å². The lowest BCUT2D eigenvalue weighted by molar-refractivity contribution is -0.124. The van der Waals surface area contributed by atoms with Crippen LogP contribution in [0, 0.1) is 24.2 Å². The summed E-state index contributed by atoms with van der Waals surface area (Å²) in [5, 5.41) is 2.99. The molecule has 0 aromatic heterocycles. The fraction of sp³-hybridized carbons (Fsp3) is 0.769. The maximum absolute atomic E-state index is 11.9. The summed E-state index contributed by atoms with van der Waals surface area (Å²) in [5.41, 5.74) is 0. The minimum Gasteiger partial charge on any atom is -0.299 e. The zero-order valence-electron chi connectivity index (χ0n) is 9.59. The van der Waals surface area contributed by atoms with E-state index in [1.165, 1.54) is 19.3 Å². The first kappa shape index (κ1) is 12.3. The number of nitrogens with one attached hydrogen (secondary N) is 1. The second-order valence-electron chi connectivity index (χ2n) is 4.33. The van der Waals surface area contributed by atoms with Crippen molar-refractivity contribution in [3.05, 3.63) is 0 Å². The van der Waals surface area contributed by atoms with E-state index in [0.717, 1.165) is 12.8 Å². The molecule has 0 spiro atoms. The predicted molar refractivity (Wildman–Crippen MR) is 62.4 cm³/mol. The van der Waals surface area contributed by atoms with Gasteiger partial charge in [0.15, 0.2) is 0 Å². The van der Waals surface area contributed by atoms with Crippen LogP contribution < -0.4 is 5.32 Å². The summed E-state index contributed by atoms with van der Waals surface area (Å²) in [5.74, 6) is 3.74. The smallest absolute Gasteiger partial charge is 0.149 e. The van der Waals surface area contributed by atoms with Crippen molar-refractivity contribution in [2.45, 2.75) is 39.0 Å². The second-order valence-corrected chi connectivity index (χ2v) is 4.33. The molecule has 1 saturated carbocycles. The van der Waals surface area contributed by atoms with Crippen LogP contribution in [-0.4, -0.2) is 18.9 Å². The fourth-order valence-corrected chi connectivity index (χ4v) is 2.51. The number of hydrogen-bond acceptors (Lipinski definition) is 2. The molecule has 0 bridgehead atoms. The third-order valence-corrected chi connectivity index (χ3v) is 3.37. The third kappa shape index (κ3) is 3.68. The second kappa shape index (κ2) is 6.63. The highest BCUT2D eigenvalue weighted by atomic mass is 16.1. The molecule has 1 aliphatic rings. The van der Waals surface area contributed by atoms with E-state index in [2.05, 4.69) is 18.2 Å². The molecular formula is C13H21NO. The maximum Gasteiger partial charge on any atom is 0.149 e. The van der Waals surface area contributed by atoms with Gasteiger partial charge in [-0.2, -0.15) is 0 Å². The van der Waals surface area contributed by atoms with Crippen molar-refractivity contribution in [2.75, 3.05) is 13.1 Å². The first-order valence-electron chi connectivity index (χ1n) is 5.96. The van der Waals surface area contributed by atoms with Gasteiger partial charge in [-0.15, -0.1) is 6.42 Å². The summed E-state index contributed by atoms with van der Waals surface area (Å²) < 4.78 is 0. The van der Waals surface area contributed by atoms with E-state index >= 15 is 0 Å². The lowest BCUT2D eigenvalue weighted by atomic mass is 9.75. The van der Waals surface area contributed by atoms with Gasteiger partial charge < -0.3 is 0 Å². The minimum atomic E-state index is 0.286. The Kier molecular flexibility index (Phi) is 5.42. The molecule has 0 amide bonds. The molecule has 2 heteroatoms. The van der Waals surface area contributed by atoms with E-state index in [4.69, 9.17) is 6.42 Å². The van der Waals surface area contributed by atoms with Crippen molar-refractivity contribution in [3.8, 4) is 12.3 Å². The minimum absolute atomic E-state index is 0.286. The number of terminal acetylenes is 1. The van der Waals surface area contributed by atoms with Gasteiger partial charge >= 0.3 is 0 Å². The van der Waals surface area contributed by atoms with Gasteiger partial charge in [-0.05, 0) is 18.8 Å². The highest BCUT2D eigenvalue weighted by molar-refractivity contribution is 5.83. The molecular weight excluding hydrogens is 186 g/mol. The van der Waals surface area contributed by atoms with Crippen LogP contribution in [0.3, 0.4) is 0 Å². The van der Waals surface area contributed by atoms with Crippen molar-refractivity contribution in [2.24, 2.45) is 11.8 Å². The molecule has 2 atom stereocenters. The summed E-state index contributed by atoms with van der Waals surface area (Å²) in [7, 11) is 0. The summed E-state index contributed by atoms with van der Waals surface area (Å²) >= 11 is 0. The van der Waals surface area contributed by atoms with E-state index in [-0.39, 0.29) is 5.92 Å². The topological polar surface area (TPSA) is 29.1 Å². The van der Waals surface area contributed by atoms with E-state index in [1.807, 2.05) is 0 Å². The molecule has 1 fully saturated rings. The SMILES string of the molecule is C#CCNCC(=O)C1CCCCC1CC. The quantitative estimate of drug-likeness (QED) is 0.552. The highest BCUT2D eigenvalue weighted by Crippen LogP contribution is 2.32. The fourth-order valence-electron chi connectivity index (χ4n) is 2.51. The van der Waals surface area contributed by atoms with Gasteiger partial charge in [0.1, 0.15) is 5.78 Å². The molecule has 84 valence electrons. The van der Waals surface area contributed by atoms with E-state index in [1.54, 1.807) is 0 Å². The number of rotatable bonds is 5. The Bertz CT molecular complexity index is 241. The Labute approximate surface area is 92.8 Å². The average molecular weight is 207 g/mol. The van der Waals surface area contributed by atoms with Crippen LogP contribution in [0.4, 0.5) is 0 Å². The van der Waals surface area contributed by atoms with Crippen molar-refractivity contribution < 1.29 is 4.79 Å². The number of hydrogen-bond donors (Lipinski definition) is 1. The summed E-state index contributed by atoms with van der Waals surface area (Å²) in [6.45, 7) is 3.13. The lowest BCUT2D eigenvalue weighted by Crippen LogP contribution is -2.34. The van der Waals surface area contributed by atoms with E-state index in [0.29, 0.717) is 24.8 Å². The molecule has 0 aliphatic heterocycles. The van der Waals surface area contributed by atoms with Crippen LogP contribution in [-0.2, 0) is 4.79 Å². The van der Waals surface area contributed by atoms with Gasteiger partial charge in [-0.3, -0.25) is 10.1 Å². The van der Waals surface area contributed by atoms with Gasteiger partial charge in [0.25, 0.3) is 0 Å². The predicted octanol–water partition coefficient (Wildman–Crippen LogP) is 1.99. The van der Waals surface area contributed by atoms with Crippen molar-refractivity contribution in [1.82, 2.24) is 5.32 Å². The van der Waals surface area contributed by atoms with Crippen LogP contribution in [0.5, 0.6) is 0 Å². The molecule has 0 heterocycles. The van der Waals surface area contributed by atoms with Crippen LogP contribution in [0.1, 0.15) is 39.0 Å². The maximum atomic E-state index is 11.9. The van der Waals surface area contributed by atoms with Gasteiger partial charge in [-0.1, -0.05) is 32.1 Å². The monoisotopic (exact) mass is 207 g/mol. The van der Waals surface area contributed by atoms with Crippen molar-refractivity contribution >= 4 is 5.78 Å². The van der Waals surface area contributed by atoms with Gasteiger partial charge in [-0.25, -0.2) is 0 Å². The Balaban J connectivity index is 2.38. The zero-order valence-corrected chi connectivity index (χ0v) is 9.59. The number of carbonyl (C=O) groups is 1. The Morgan fingerprint density at radius 3 is 2.87 bits per heavy atom. The van der Waals surface area contributed by atoms with Crippen LogP contribution in [0.2, 0.25) is 0 Å². The van der Waals surface area contributed by atoms with Crippen molar-refractivity contribution in [3.63, 3.8) is 0 Å². The molecule has 0 aromatic carbocycles. The molecule has 1 aliphatic carbocycles. The largest absolute Gasteiger partial charge is 0.299 e. The Morgan fingerprint density at radius 1 is 1.47 bits per heavy atom. The molecule has 0 saturated heterocycles. The lowest BCUT2D eigenvalue weighted by Gasteiger charge is -2.29. The summed E-state index contributed by atoms with van der Waals surface area (Å²) in [6, 6.07) is 0. The van der Waals surface area contributed by atoms with Crippen LogP contribution in [0.15, 0.2) is 0 Å². The first-order chi connectivity index (χ1) is 7.29. The Hall–Kier alpha value is -0.810. The first-order valence-corrected chi connectivity index (χ1v) is 5.96. The summed E-state index contributed by atoms with van der Waals surface area (Å²) in [4.78, 5) is 11.9. The number of Topliss-reactive ketones (excluding diaryl/α,β-unsaturated/α-hetero) is 1. The molecule has 0 radical (unpaired) electrons. The molecule has 2 unspecified atom stereocenters. The van der Waals surface area contributed by atoms with E-state index in [9.17, 15) is 4.79 Å². The van der Waals surface area contributed by atoms with Crippen LogP contribution >= 0.6 is 0 Å².